The van der Waals surface area contributed by atoms with Crippen LogP contribution in [0.4, 0.5) is 8.78 Å². The highest BCUT2D eigenvalue weighted by molar-refractivity contribution is 5.49. The average molecular weight is 382 g/mol. The fourth-order valence-electron chi connectivity index (χ4n) is 4.17. The standard InChI is InChI=1S/C25H28F2O/c1-3-7-18-10-12-20(13-11-18)22-9-6-5-8-19(22)14-15-21-16-17-23(28-4-2)25(27)24(21)26/h5-6,8-9,16-18,20H,3-4,7,10-13H2,1-2H3. The van der Waals surface area contributed by atoms with E-state index in [9.17, 15) is 8.78 Å². The lowest BCUT2D eigenvalue weighted by molar-refractivity contribution is 0.308. The molecule has 0 bridgehead atoms. The second-order valence-corrected chi connectivity index (χ2v) is 7.52. The van der Waals surface area contributed by atoms with Gasteiger partial charge in [-0.1, -0.05) is 49.8 Å². The molecule has 1 aliphatic rings. The predicted molar refractivity (Wildman–Crippen MR) is 110 cm³/mol. The van der Waals surface area contributed by atoms with Crippen LogP contribution in [0.5, 0.6) is 5.75 Å². The van der Waals surface area contributed by atoms with Crippen molar-refractivity contribution in [2.24, 2.45) is 5.92 Å². The zero-order valence-electron chi connectivity index (χ0n) is 16.7. The Morgan fingerprint density at radius 1 is 0.893 bits per heavy atom. The minimum absolute atomic E-state index is 0.0578. The van der Waals surface area contributed by atoms with Gasteiger partial charge in [-0.2, -0.15) is 4.39 Å². The fourth-order valence-corrected chi connectivity index (χ4v) is 4.17. The van der Waals surface area contributed by atoms with Crippen molar-refractivity contribution < 1.29 is 13.5 Å². The third-order valence-electron chi connectivity index (χ3n) is 5.62. The second-order valence-electron chi connectivity index (χ2n) is 7.52. The van der Waals surface area contributed by atoms with Crippen LogP contribution in [0.15, 0.2) is 36.4 Å². The van der Waals surface area contributed by atoms with Gasteiger partial charge in [0.25, 0.3) is 0 Å². The van der Waals surface area contributed by atoms with E-state index in [-0.39, 0.29) is 17.9 Å². The van der Waals surface area contributed by atoms with Gasteiger partial charge in [-0.05, 0) is 68.2 Å². The number of ether oxygens (including phenoxy) is 1. The third kappa shape index (κ3) is 4.73. The highest BCUT2D eigenvalue weighted by atomic mass is 19.2. The van der Waals surface area contributed by atoms with Crippen LogP contribution in [0.1, 0.15) is 75.0 Å². The van der Waals surface area contributed by atoms with Gasteiger partial charge < -0.3 is 4.74 Å². The number of benzene rings is 2. The summed E-state index contributed by atoms with van der Waals surface area (Å²) < 4.78 is 33.5. The van der Waals surface area contributed by atoms with Crippen molar-refractivity contribution in [3.63, 3.8) is 0 Å². The summed E-state index contributed by atoms with van der Waals surface area (Å²) in [6, 6.07) is 11.0. The fraction of sp³-hybridized carbons (Fsp3) is 0.440. The van der Waals surface area contributed by atoms with Gasteiger partial charge in [0.15, 0.2) is 11.6 Å². The van der Waals surface area contributed by atoms with Crippen molar-refractivity contribution in [2.45, 2.75) is 58.3 Å². The molecule has 0 N–H and O–H groups in total. The molecule has 148 valence electrons. The Morgan fingerprint density at radius 2 is 1.61 bits per heavy atom. The molecule has 0 aromatic heterocycles. The zero-order valence-corrected chi connectivity index (χ0v) is 16.7. The molecule has 2 aromatic carbocycles. The first-order valence-electron chi connectivity index (χ1n) is 10.4. The molecule has 1 saturated carbocycles. The van der Waals surface area contributed by atoms with Crippen LogP contribution in [0.2, 0.25) is 0 Å². The first kappa shape index (κ1) is 20.4. The molecule has 2 aromatic rings. The van der Waals surface area contributed by atoms with E-state index in [0.29, 0.717) is 5.92 Å². The summed E-state index contributed by atoms with van der Waals surface area (Å²) in [5.74, 6) is 5.26. The molecule has 0 spiro atoms. The van der Waals surface area contributed by atoms with Crippen molar-refractivity contribution >= 4 is 0 Å². The van der Waals surface area contributed by atoms with Gasteiger partial charge in [0.2, 0.25) is 5.82 Å². The van der Waals surface area contributed by atoms with E-state index in [2.05, 4.69) is 24.8 Å². The molecule has 0 aliphatic heterocycles. The first-order chi connectivity index (χ1) is 13.6. The molecular weight excluding hydrogens is 354 g/mol. The monoisotopic (exact) mass is 382 g/mol. The molecule has 28 heavy (non-hydrogen) atoms. The summed E-state index contributed by atoms with van der Waals surface area (Å²) in [6.45, 7) is 4.27. The van der Waals surface area contributed by atoms with E-state index in [0.717, 1.165) is 11.5 Å². The van der Waals surface area contributed by atoms with E-state index in [1.807, 2.05) is 18.2 Å². The predicted octanol–water partition coefficient (Wildman–Crippen LogP) is 6.84. The Labute approximate surface area is 167 Å². The zero-order chi connectivity index (χ0) is 19.9. The van der Waals surface area contributed by atoms with Crippen molar-refractivity contribution in [2.75, 3.05) is 6.61 Å². The number of hydrogen-bond donors (Lipinski definition) is 0. The van der Waals surface area contributed by atoms with Crippen LogP contribution in [0.25, 0.3) is 0 Å². The van der Waals surface area contributed by atoms with Crippen LogP contribution in [-0.2, 0) is 0 Å². The lowest BCUT2D eigenvalue weighted by Gasteiger charge is -2.29. The number of halogens is 2. The second kappa shape index (κ2) is 9.73. The van der Waals surface area contributed by atoms with Gasteiger partial charge in [-0.15, -0.1) is 0 Å². The molecule has 3 rings (SSSR count). The Bertz CT molecular complexity index is 855. The van der Waals surface area contributed by atoms with Crippen LogP contribution in [0.3, 0.4) is 0 Å². The van der Waals surface area contributed by atoms with Gasteiger partial charge >= 0.3 is 0 Å². The average Bonchev–Trinajstić information content (AvgIpc) is 2.72. The van der Waals surface area contributed by atoms with Crippen molar-refractivity contribution in [3.8, 4) is 17.6 Å². The van der Waals surface area contributed by atoms with Crippen molar-refractivity contribution in [3.05, 3.63) is 64.7 Å². The van der Waals surface area contributed by atoms with Crippen LogP contribution in [0, 0.1) is 29.4 Å². The van der Waals surface area contributed by atoms with Crippen LogP contribution in [-0.4, -0.2) is 6.61 Å². The Kier molecular flexibility index (Phi) is 7.09. The van der Waals surface area contributed by atoms with Gasteiger partial charge in [0.05, 0.1) is 12.2 Å². The SMILES string of the molecule is CCCC1CCC(c2ccccc2C#Cc2ccc(OCC)c(F)c2F)CC1. The van der Waals surface area contributed by atoms with Gasteiger partial charge in [0, 0.05) is 5.56 Å². The Morgan fingerprint density at radius 3 is 2.32 bits per heavy atom. The first-order valence-corrected chi connectivity index (χ1v) is 10.4. The third-order valence-corrected chi connectivity index (χ3v) is 5.62. The van der Waals surface area contributed by atoms with E-state index in [1.165, 1.54) is 56.2 Å². The van der Waals surface area contributed by atoms with Gasteiger partial charge in [-0.25, -0.2) is 4.39 Å². The molecule has 1 fully saturated rings. The van der Waals surface area contributed by atoms with E-state index in [4.69, 9.17) is 4.74 Å². The minimum atomic E-state index is -0.976. The molecule has 1 aliphatic carbocycles. The Hall–Kier alpha value is -2.34. The summed E-state index contributed by atoms with van der Waals surface area (Å²) >= 11 is 0. The van der Waals surface area contributed by atoms with E-state index < -0.39 is 11.6 Å². The largest absolute Gasteiger partial charge is 0.491 e. The molecule has 0 unspecified atom stereocenters. The quantitative estimate of drug-likeness (QED) is 0.515. The van der Waals surface area contributed by atoms with Crippen LogP contribution >= 0.6 is 0 Å². The topological polar surface area (TPSA) is 9.23 Å². The normalized spacial score (nSPS) is 19.0. The number of hydrogen-bond acceptors (Lipinski definition) is 1. The molecule has 0 radical (unpaired) electrons. The summed E-state index contributed by atoms with van der Waals surface area (Å²) in [5, 5.41) is 0. The molecule has 0 atom stereocenters. The summed E-state index contributed by atoms with van der Waals surface area (Å²) in [7, 11) is 0. The lowest BCUT2D eigenvalue weighted by Crippen LogP contribution is -2.14. The number of rotatable bonds is 5. The maximum Gasteiger partial charge on any atom is 0.201 e. The molecule has 0 amide bonds. The van der Waals surface area contributed by atoms with Crippen LogP contribution < -0.4 is 4.74 Å². The maximum atomic E-state index is 14.3. The summed E-state index contributed by atoms with van der Waals surface area (Å²) in [4.78, 5) is 0. The summed E-state index contributed by atoms with van der Waals surface area (Å²) in [5.41, 5.74) is 2.20. The Balaban J connectivity index is 1.81. The van der Waals surface area contributed by atoms with Crippen molar-refractivity contribution in [1.29, 1.82) is 0 Å². The maximum absolute atomic E-state index is 14.3. The molecule has 1 nitrogen and oxygen atoms in total. The van der Waals surface area contributed by atoms with Gasteiger partial charge in [-0.3, -0.25) is 0 Å². The summed E-state index contributed by atoms with van der Waals surface area (Å²) in [6.07, 6.45) is 7.45. The highest BCUT2D eigenvalue weighted by Gasteiger charge is 2.23. The molecule has 0 saturated heterocycles. The molecule has 0 heterocycles. The minimum Gasteiger partial charge on any atom is -0.491 e. The van der Waals surface area contributed by atoms with E-state index >= 15 is 0 Å². The highest BCUT2D eigenvalue weighted by Crippen LogP contribution is 2.38. The smallest absolute Gasteiger partial charge is 0.201 e. The molecular formula is C25H28F2O. The lowest BCUT2D eigenvalue weighted by atomic mass is 9.76. The van der Waals surface area contributed by atoms with E-state index in [1.54, 1.807) is 6.92 Å². The van der Waals surface area contributed by atoms with Gasteiger partial charge in [0.1, 0.15) is 0 Å². The molecule has 3 heteroatoms. The van der Waals surface area contributed by atoms with Crippen molar-refractivity contribution in [1.82, 2.24) is 0 Å².